The molecule has 0 spiro atoms. The van der Waals surface area contributed by atoms with Crippen LogP contribution < -0.4 is 16.0 Å². The summed E-state index contributed by atoms with van der Waals surface area (Å²) in [6.45, 7) is 2.07. The van der Waals surface area contributed by atoms with Gasteiger partial charge in [0.15, 0.2) is 0 Å². The summed E-state index contributed by atoms with van der Waals surface area (Å²) in [6.07, 6.45) is 0. The number of aromatic nitrogens is 2. The third kappa shape index (κ3) is 6.32. The number of hydrogen-bond donors (Lipinski definition) is 5. The molecule has 1 heterocycles. The summed E-state index contributed by atoms with van der Waals surface area (Å²) in [6, 6.07) is 30.5. The zero-order valence-corrected chi connectivity index (χ0v) is 22.1. The van der Waals surface area contributed by atoms with Gasteiger partial charge >= 0.3 is 0 Å². The lowest BCUT2D eigenvalue weighted by Crippen LogP contribution is -2.35. The maximum Gasteiger partial charge on any atom is 0.255 e. The van der Waals surface area contributed by atoms with Crippen molar-refractivity contribution >= 4 is 34.1 Å². The molecule has 4 aromatic carbocycles. The van der Waals surface area contributed by atoms with Crippen molar-refractivity contribution in [2.75, 3.05) is 23.8 Å². The van der Waals surface area contributed by atoms with E-state index in [0.717, 1.165) is 39.0 Å². The van der Waals surface area contributed by atoms with Gasteiger partial charge in [-0.15, -0.1) is 0 Å². The number of aliphatic hydroxyl groups is 2. The monoisotopic (exact) mass is 533 g/mol. The number of para-hydroxylation sites is 1. The summed E-state index contributed by atoms with van der Waals surface area (Å²) in [7, 11) is 0. The van der Waals surface area contributed by atoms with Gasteiger partial charge in [0.25, 0.3) is 5.91 Å². The number of amides is 1. The maximum atomic E-state index is 13.0. The first kappa shape index (κ1) is 27.0. The molecule has 202 valence electrons. The lowest BCUT2D eigenvalue weighted by Gasteiger charge is -2.15. The molecule has 40 heavy (non-hydrogen) atoms. The largest absolute Gasteiger partial charge is 0.395 e. The Morgan fingerprint density at radius 1 is 0.850 bits per heavy atom. The predicted octanol–water partition coefficient (Wildman–Crippen LogP) is 5.04. The molecule has 0 saturated carbocycles. The van der Waals surface area contributed by atoms with Crippen LogP contribution in [0.4, 0.5) is 17.3 Å². The molecule has 0 atom stereocenters. The van der Waals surface area contributed by atoms with E-state index in [4.69, 9.17) is 9.97 Å². The molecular formula is C32H31N5O3. The minimum atomic E-state index is -0.392. The highest BCUT2D eigenvalue weighted by Gasteiger charge is 2.12. The van der Waals surface area contributed by atoms with E-state index < -0.39 is 6.04 Å². The summed E-state index contributed by atoms with van der Waals surface area (Å²) >= 11 is 0. The van der Waals surface area contributed by atoms with Crippen molar-refractivity contribution in [3.05, 3.63) is 114 Å². The van der Waals surface area contributed by atoms with Gasteiger partial charge in [-0.05, 0) is 54.4 Å². The van der Waals surface area contributed by atoms with E-state index in [1.54, 1.807) is 12.1 Å². The minimum Gasteiger partial charge on any atom is -0.395 e. The topological polar surface area (TPSA) is 119 Å². The fraction of sp³-hybridized carbons (Fsp3) is 0.156. The molecule has 0 unspecified atom stereocenters. The van der Waals surface area contributed by atoms with Gasteiger partial charge in [0.2, 0.25) is 5.95 Å². The first-order valence-corrected chi connectivity index (χ1v) is 13.1. The molecule has 5 N–H and O–H groups in total. The number of anilines is 3. The van der Waals surface area contributed by atoms with Crippen LogP contribution in [-0.4, -0.2) is 45.3 Å². The Morgan fingerprint density at radius 3 is 2.33 bits per heavy atom. The summed E-state index contributed by atoms with van der Waals surface area (Å²) in [5.74, 6) is 0.247. The minimum absolute atomic E-state index is 0.155. The van der Waals surface area contributed by atoms with E-state index in [2.05, 4.69) is 16.0 Å². The highest BCUT2D eigenvalue weighted by Crippen LogP contribution is 2.28. The lowest BCUT2D eigenvalue weighted by atomic mass is 10.1. The van der Waals surface area contributed by atoms with Gasteiger partial charge < -0.3 is 26.2 Å². The zero-order valence-electron chi connectivity index (χ0n) is 22.1. The molecule has 5 aromatic rings. The van der Waals surface area contributed by atoms with Crippen molar-refractivity contribution < 1.29 is 15.0 Å². The van der Waals surface area contributed by atoms with Crippen molar-refractivity contribution in [3.8, 4) is 11.3 Å². The van der Waals surface area contributed by atoms with Crippen LogP contribution in [0.5, 0.6) is 0 Å². The van der Waals surface area contributed by atoms with Crippen molar-refractivity contribution in [1.29, 1.82) is 0 Å². The van der Waals surface area contributed by atoms with Crippen LogP contribution in [0.1, 0.15) is 21.5 Å². The SMILES string of the molecule is Cc1ccc(CNC(CO)CO)cc1NC(=O)c1ccc(Nc2nc(-c3ccccc3)c3ccccc3n2)cc1. The molecular weight excluding hydrogens is 502 g/mol. The van der Waals surface area contributed by atoms with Crippen LogP contribution in [0, 0.1) is 6.92 Å². The number of hydrogen-bond acceptors (Lipinski definition) is 7. The second-order valence-electron chi connectivity index (χ2n) is 9.53. The first-order valence-electron chi connectivity index (χ1n) is 13.1. The van der Waals surface area contributed by atoms with Crippen LogP contribution >= 0.6 is 0 Å². The Bertz CT molecular complexity index is 1600. The van der Waals surface area contributed by atoms with Crippen molar-refractivity contribution in [2.24, 2.45) is 0 Å². The number of carbonyl (C=O) groups excluding carboxylic acids is 1. The number of carbonyl (C=O) groups is 1. The Balaban J connectivity index is 1.30. The first-order chi connectivity index (χ1) is 19.5. The maximum absolute atomic E-state index is 13.0. The van der Waals surface area contributed by atoms with Crippen LogP contribution in [-0.2, 0) is 6.54 Å². The highest BCUT2D eigenvalue weighted by atomic mass is 16.3. The molecule has 0 aliphatic rings. The quantitative estimate of drug-likeness (QED) is 0.171. The van der Waals surface area contributed by atoms with Gasteiger partial charge in [0.1, 0.15) is 0 Å². The second kappa shape index (κ2) is 12.5. The van der Waals surface area contributed by atoms with Gasteiger partial charge in [0.05, 0.1) is 30.5 Å². The Kier molecular flexibility index (Phi) is 8.41. The number of nitrogens with zero attached hydrogens (tertiary/aromatic N) is 2. The molecule has 0 aliphatic heterocycles. The molecule has 1 amide bonds. The predicted molar refractivity (Wildman–Crippen MR) is 159 cm³/mol. The summed E-state index contributed by atoms with van der Waals surface area (Å²) in [5, 5.41) is 28.8. The van der Waals surface area contributed by atoms with Crippen LogP contribution in [0.25, 0.3) is 22.2 Å². The normalized spacial score (nSPS) is 11.1. The van der Waals surface area contributed by atoms with E-state index in [-0.39, 0.29) is 19.1 Å². The fourth-order valence-electron chi connectivity index (χ4n) is 4.34. The number of fused-ring (bicyclic) bond motifs is 1. The van der Waals surface area contributed by atoms with E-state index >= 15 is 0 Å². The number of aryl methyl sites for hydroxylation is 1. The molecule has 0 radical (unpaired) electrons. The third-order valence-electron chi connectivity index (χ3n) is 6.64. The average molecular weight is 534 g/mol. The standard InChI is InChI=1S/C32H31N5O3/c1-21-11-12-22(18-33-26(19-38)20-39)17-29(21)35-31(40)24-13-15-25(16-14-24)34-32-36-28-10-6-5-9-27(28)30(37-32)23-7-3-2-4-8-23/h2-17,26,33,38-39H,18-20H2,1H3,(H,35,40)(H,34,36,37). The van der Waals surface area contributed by atoms with Crippen LogP contribution in [0.15, 0.2) is 97.1 Å². The second-order valence-corrected chi connectivity index (χ2v) is 9.53. The zero-order chi connectivity index (χ0) is 27.9. The molecule has 0 aliphatic carbocycles. The summed E-state index contributed by atoms with van der Waals surface area (Å²) in [4.78, 5) is 22.5. The third-order valence-corrected chi connectivity index (χ3v) is 6.64. The molecule has 8 nitrogen and oxygen atoms in total. The molecule has 0 saturated heterocycles. The van der Waals surface area contributed by atoms with Gasteiger partial charge in [-0.2, -0.15) is 0 Å². The number of aliphatic hydroxyl groups excluding tert-OH is 2. The molecule has 0 bridgehead atoms. The number of rotatable bonds is 10. The Morgan fingerprint density at radius 2 is 1.57 bits per heavy atom. The van der Waals surface area contributed by atoms with Crippen molar-refractivity contribution in [3.63, 3.8) is 0 Å². The Hall–Kier alpha value is -4.63. The molecule has 0 fully saturated rings. The van der Waals surface area contributed by atoms with Crippen LogP contribution in [0.3, 0.4) is 0 Å². The van der Waals surface area contributed by atoms with E-state index in [0.29, 0.717) is 23.7 Å². The summed E-state index contributed by atoms with van der Waals surface area (Å²) < 4.78 is 0. The smallest absolute Gasteiger partial charge is 0.255 e. The van der Waals surface area contributed by atoms with E-state index in [9.17, 15) is 15.0 Å². The molecule has 5 rings (SSSR count). The number of nitrogens with one attached hydrogen (secondary N) is 3. The van der Waals surface area contributed by atoms with Gasteiger partial charge in [-0.1, -0.05) is 60.7 Å². The van der Waals surface area contributed by atoms with Crippen LogP contribution in [0.2, 0.25) is 0 Å². The van der Waals surface area contributed by atoms with E-state index in [1.165, 1.54) is 0 Å². The van der Waals surface area contributed by atoms with Gasteiger partial charge in [-0.25, -0.2) is 9.97 Å². The van der Waals surface area contributed by atoms with Crippen molar-refractivity contribution in [2.45, 2.75) is 19.5 Å². The van der Waals surface area contributed by atoms with Gasteiger partial charge in [0, 0.05) is 34.4 Å². The molecule has 1 aromatic heterocycles. The number of benzene rings is 4. The van der Waals surface area contributed by atoms with Gasteiger partial charge in [-0.3, -0.25) is 4.79 Å². The molecule has 8 heteroatoms. The fourth-order valence-corrected chi connectivity index (χ4v) is 4.34. The highest BCUT2D eigenvalue weighted by molar-refractivity contribution is 6.05. The van der Waals surface area contributed by atoms with Crippen molar-refractivity contribution in [1.82, 2.24) is 15.3 Å². The summed E-state index contributed by atoms with van der Waals surface area (Å²) in [5.41, 5.74) is 6.53. The average Bonchev–Trinajstić information content (AvgIpc) is 2.99. The van der Waals surface area contributed by atoms with E-state index in [1.807, 2.05) is 91.9 Å². The Labute approximate surface area is 232 Å². The lowest BCUT2D eigenvalue weighted by molar-refractivity contribution is 0.102.